The van der Waals surface area contributed by atoms with Crippen LogP contribution in [0.1, 0.15) is 17.5 Å². The summed E-state index contributed by atoms with van der Waals surface area (Å²) in [6.07, 6.45) is 4.33. The number of aliphatic imine (C=N–C) groups is 1. The maximum absolute atomic E-state index is 5.12. The van der Waals surface area contributed by atoms with Crippen molar-refractivity contribution in [3.05, 3.63) is 72.3 Å². The first-order valence-corrected chi connectivity index (χ1v) is 11.3. The van der Waals surface area contributed by atoms with Crippen molar-refractivity contribution in [2.24, 2.45) is 4.99 Å². The Hall–Kier alpha value is -2.50. The fourth-order valence-electron chi connectivity index (χ4n) is 3.60. The molecular weight excluding hydrogens is 541 g/mol. The molecular formula is C25H36IN7O. The first-order chi connectivity index (χ1) is 16.2. The first kappa shape index (κ1) is 27.7. The smallest absolute Gasteiger partial charge is 0.191 e. The SMILES string of the molecule is CN=C(NCCN(C)CCCOC)NCc1ccccc1-c1ccc(Cn2cncn2)cc1.I. The Labute approximate surface area is 219 Å². The van der Waals surface area contributed by atoms with Crippen molar-refractivity contribution in [2.75, 3.05) is 47.4 Å². The van der Waals surface area contributed by atoms with Crippen molar-refractivity contribution in [1.82, 2.24) is 30.3 Å². The number of benzene rings is 2. The van der Waals surface area contributed by atoms with Gasteiger partial charge in [0, 0.05) is 46.9 Å². The molecule has 2 aromatic carbocycles. The third-order valence-corrected chi connectivity index (χ3v) is 5.44. The van der Waals surface area contributed by atoms with E-state index in [1.807, 2.05) is 4.68 Å². The maximum atomic E-state index is 5.12. The van der Waals surface area contributed by atoms with Crippen molar-refractivity contribution in [1.29, 1.82) is 0 Å². The summed E-state index contributed by atoms with van der Waals surface area (Å²) in [4.78, 5) is 10.7. The third-order valence-electron chi connectivity index (χ3n) is 5.44. The predicted molar refractivity (Wildman–Crippen MR) is 149 cm³/mol. The Morgan fingerprint density at radius 3 is 2.59 bits per heavy atom. The minimum absolute atomic E-state index is 0. The molecule has 8 nitrogen and oxygen atoms in total. The van der Waals surface area contributed by atoms with Crippen molar-refractivity contribution in [2.45, 2.75) is 19.5 Å². The van der Waals surface area contributed by atoms with E-state index in [-0.39, 0.29) is 24.0 Å². The summed E-state index contributed by atoms with van der Waals surface area (Å²) >= 11 is 0. The van der Waals surface area contributed by atoms with E-state index in [2.05, 4.69) is 86.2 Å². The molecule has 9 heteroatoms. The second-order valence-corrected chi connectivity index (χ2v) is 7.95. The zero-order chi connectivity index (χ0) is 23.3. The van der Waals surface area contributed by atoms with Crippen LogP contribution in [0.5, 0.6) is 0 Å². The topological polar surface area (TPSA) is 79.6 Å². The molecule has 0 unspecified atom stereocenters. The fraction of sp³-hybridized carbons (Fsp3) is 0.400. The number of aromatic nitrogens is 3. The fourth-order valence-corrected chi connectivity index (χ4v) is 3.60. The quantitative estimate of drug-likeness (QED) is 0.149. The Balaban J connectivity index is 0.00000408. The molecule has 3 aromatic rings. The number of guanidine groups is 1. The van der Waals surface area contributed by atoms with Gasteiger partial charge in [0.2, 0.25) is 0 Å². The van der Waals surface area contributed by atoms with E-state index >= 15 is 0 Å². The van der Waals surface area contributed by atoms with E-state index in [1.54, 1.807) is 26.8 Å². The zero-order valence-electron chi connectivity index (χ0n) is 20.3. The summed E-state index contributed by atoms with van der Waals surface area (Å²) in [5, 5.41) is 11.0. The molecule has 0 aliphatic heterocycles. The number of ether oxygens (including phenoxy) is 1. The lowest BCUT2D eigenvalue weighted by molar-refractivity contribution is 0.180. The van der Waals surface area contributed by atoms with Crippen LogP contribution in [0.15, 0.2) is 66.2 Å². The summed E-state index contributed by atoms with van der Waals surface area (Å²) in [6, 6.07) is 17.1. The number of likely N-dealkylation sites (N-methyl/N-ethyl adjacent to an activating group) is 1. The van der Waals surface area contributed by atoms with E-state index in [1.165, 1.54) is 22.3 Å². The van der Waals surface area contributed by atoms with Crippen molar-refractivity contribution in [3.63, 3.8) is 0 Å². The molecule has 34 heavy (non-hydrogen) atoms. The molecule has 0 amide bonds. The second kappa shape index (κ2) is 15.4. The van der Waals surface area contributed by atoms with Gasteiger partial charge >= 0.3 is 0 Å². The number of halogens is 1. The van der Waals surface area contributed by atoms with E-state index in [4.69, 9.17) is 4.74 Å². The molecule has 0 radical (unpaired) electrons. The van der Waals surface area contributed by atoms with Crippen LogP contribution in [-0.4, -0.2) is 73.1 Å². The summed E-state index contributed by atoms with van der Waals surface area (Å²) in [7, 11) is 5.67. The van der Waals surface area contributed by atoms with Crippen molar-refractivity contribution < 1.29 is 4.74 Å². The van der Waals surface area contributed by atoms with Gasteiger partial charge in [0.1, 0.15) is 12.7 Å². The Bertz CT molecular complexity index is 977. The lowest BCUT2D eigenvalue weighted by Crippen LogP contribution is -2.40. The zero-order valence-corrected chi connectivity index (χ0v) is 22.6. The van der Waals surface area contributed by atoms with Gasteiger partial charge in [-0.15, -0.1) is 24.0 Å². The van der Waals surface area contributed by atoms with Crippen LogP contribution in [0.2, 0.25) is 0 Å². The summed E-state index contributed by atoms with van der Waals surface area (Å²) in [5.74, 6) is 0.804. The van der Waals surface area contributed by atoms with Gasteiger partial charge in [-0.25, -0.2) is 9.67 Å². The number of nitrogens with one attached hydrogen (secondary N) is 2. The van der Waals surface area contributed by atoms with Gasteiger partial charge < -0.3 is 20.3 Å². The largest absolute Gasteiger partial charge is 0.385 e. The van der Waals surface area contributed by atoms with Crippen LogP contribution in [0.4, 0.5) is 0 Å². The Morgan fingerprint density at radius 1 is 1.09 bits per heavy atom. The van der Waals surface area contributed by atoms with Crippen LogP contribution in [0.25, 0.3) is 11.1 Å². The molecule has 0 saturated carbocycles. The predicted octanol–water partition coefficient (Wildman–Crippen LogP) is 3.24. The summed E-state index contributed by atoms with van der Waals surface area (Å²) in [6.45, 7) is 5.00. The molecule has 0 spiro atoms. The van der Waals surface area contributed by atoms with E-state index in [0.717, 1.165) is 38.6 Å². The molecule has 0 atom stereocenters. The number of methoxy groups -OCH3 is 1. The van der Waals surface area contributed by atoms with Gasteiger partial charge in [0.15, 0.2) is 5.96 Å². The second-order valence-electron chi connectivity index (χ2n) is 7.95. The van der Waals surface area contributed by atoms with Crippen LogP contribution >= 0.6 is 24.0 Å². The molecule has 2 N–H and O–H groups in total. The Kier molecular flexibility index (Phi) is 12.6. The van der Waals surface area contributed by atoms with E-state index in [9.17, 15) is 0 Å². The first-order valence-electron chi connectivity index (χ1n) is 11.3. The monoisotopic (exact) mass is 577 g/mol. The van der Waals surface area contributed by atoms with E-state index < -0.39 is 0 Å². The highest BCUT2D eigenvalue weighted by Crippen LogP contribution is 2.24. The van der Waals surface area contributed by atoms with Crippen molar-refractivity contribution in [3.8, 4) is 11.1 Å². The minimum Gasteiger partial charge on any atom is -0.385 e. The van der Waals surface area contributed by atoms with Gasteiger partial charge in [-0.2, -0.15) is 5.10 Å². The molecule has 0 fully saturated rings. The van der Waals surface area contributed by atoms with Gasteiger partial charge in [-0.1, -0.05) is 48.5 Å². The molecule has 0 saturated heterocycles. The lowest BCUT2D eigenvalue weighted by Gasteiger charge is -2.18. The van der Waals surface area contributed by atoms with Crippen LogP contribution in [0.3, 0.4) is 0 Å². The summed E-state index contributed by atoms with van der Waals surface area (Å²) < 4.78 is 6.94. The minimum atomic E-state index is 0. The van der Waals surface area contributed by atoms with Crippen LogP contribution in [-0.2, 0) is 17.8 Å². The highest BCUT2D eigenvalue weighted by Gasteiger charge is 2.07. The highest BCUT2D eigenvalue weighted by atomic mass is 127. The van der Waals surface area contributed by atoms with Gasteiger partial charge in [0.05, 0.1) is 6.54 Å². The van der Waals surface area contributed by atoms with Crippen LogP contribution in [0, 0.1) is 0 Å². The lowest BCUT2D eigenvalue weighted by atomic mass is 9.98. The molecule has 1 heterocycles. The van der Waals surface area contributed by atoms with Gasteiger partial charge in [0.25, 0.3) is 0 Å². The van der Waals surface area contributed by atoms with E-state index in [0.29, 0.717) is 13.1 Å². The van der Waals surface area contributed by atoms with Crippen LogP contribution < -0.4 is 10.6 Å². The number of hydrogen-bond donors (Lipinski definition) is 2. The average molecular weight is 578 g/mol. The number of rotatable bonds is 12. The van der Waals surface area contributed by atoms with Crippen molar-refractivity contribution >= 4 is 29.9 Å². The molecule has 0 aliphatic carbocycles. The van der Waals surface area contributed by atoms with Gasteiger partial charge in [-0.3, -0.25) is 4.99 Å². The molecule has 3 rings (SSSR count). The summed E-state index contributed by atoms with van der Waals surface area (Å²) in [5.41, 5.74) is 4.82. The maximum Gasteiger partial charge on any atom is 0.191 e. The third kappa shape index (κ3) is 9.03. The normalized spacial score (nSPS) is 11.4. The Morgan fingerprint density at radius 2 is 1.88 bits per heavy atom. The number of hydrogen-bond acceptors (Lipinski definition) is 5. The standard InChI is InChI=1S/C25H35N7O.HI/c1-26-25(28-13-15-31(2)14-6-16-33-3)29-17-23-7-4-5-8-24(23)22-11-9-21(10-12-22)18-32-20-27-19-30-32;/h4-5,7-12,19-20H,6,13-18H2,1-3H3,(H2,26,28,29);1H. The molecule has 0 aliphatic rings. The molecule has 1 aromatic heterocycles. The molecule has 184 valence electrons. The highest BCUT2D eigenvalue weighted by molar-refractivity contribution is 14.0. The molecule has 0 bridgehead atoms. The number of nitrogens with zero attached hydrogens (tertiary/aromatic N) is 5. The average Bonchev–Trinajstić information content (AvgIpc) is 3.35. The van der Waals surface area contributed by atoms with Gasteiger partial charge in [-0.05, 0) is 35.7 Å².